The number of hydrogen-bond donors (Lipinski definition) is 1. The third-order valence-electron chi connectivity index (χ3n) is 5.39. The molecular weight excluding hydrogens is 248 g/mol. The highest BCUT2D eigenvalue weighted by molar-refractivity contribution is 5.09. The van der Waals surface area contributed by atoms with Crippen molar-refractivity contribution in [3.05, 3.63) is 18.0 Å². The second-order valence-electron chi connectivity index (χ2n) is 6.65. The summed E-state index contributed by atoms with van der Waals surface area (Å²) in [4.78, 5) is 2.62. The number of fused-ring (bicyclic) bond motifs is 2. The quantitative estimate of drug-likeness (QED) is 0.896. The van der Waals surface area contributed by atoms with Crippen molar-refractivity contribution in [3.63, 3.8) is 0 Å². The number of aromatic nitrogens is 2. The molecule has 0 aliphatic carbocycles. The van der Waals surface area contributed by atoms with Gasteiger partial charge in [-0.25, -0.2) is 0 Å². The Morgan fingerprint density at radius 3 is 2.65 bits per heavy atom. The lowest BCUT2D eigenvalue weighted by atomic mass is 9.91. The average Bonchev–Trinajstić information content (AvgIpc) is 2.99. The van der Waals surface area contributed by atoms with Gasteiger partial charge in [0.1, 0.15) is 0 Å². The van der Waals surface area contributed by atoms with E-state index >= 15 is 0 Å². The van der Waals surface area contributed by atoms with Crippen molar-refractivity contribution in [2.45, 2.75) is 64.2 Å². The Labute approximate surface area is 122 Å². The van der Waals surface area contributed by atoms with Crippen LogP contribution in [0.3, 0.4) is 0 Å². The molecule has 2 aliphatic heterocycles. The van der Waals surface area contributed by atoms with Crippen molar-refractivity contribution in [1.29, 1.82) is 0 Å². The molecule has 2 aliphatic rings. The maximum absolute atomic E-state index is 4.36. The molecule has 3 rings (SSSR count). The third-order valence-corrected chi connectivity index (χ3v) is 5.39. The molecular formula is C16H28N4. The molecule has 1 N–H and O–H groups in total. The van der Waals surface area contributed by atoms with Crippen LogP contribution in [0.4, 0.5) is 0 Å². The first kappa shape index (κ1) is 14.1. The SMILES string of the molecule is CCn1cc(C(C)NCC2CC3CCC(C2)N3C)cn1. The van der Waals surface area contributed by atoms with Crippen LogP contribution in [0.5, 0.6) is 0 Å². The lowest BCUT2D eigenvalue weighted by Crippen LogP contribution is -2.42. The molecule has 3 unspecified atom stereocenters. The summed E-state index contributed by atoms with van der Waals surface area (Å²) in [6.07, 6.45) is 9.74. The van der Waals surface area contributed by atoms with E-state index in [-0.39, 0.29) is 0 Å². The molecule has 0 radical (unpaired) electrons. The van der Waals surface area contributed by atoms with Gasteiger partial charge in [-0.05, 0) is 59.0 Å². The Kier molecular flexibility index (Phi) is 4.13. The van der Waals surface area contributed by atoms with E-state index in [1.165, 1.54) is 31.2 Å². The van der Waals surface area contributed by atoms with Crippen LogP contribution in [-0.2, 0) is 6.54 Å². The molecule has 20 heavy (non-hydrogen) atoms. The van der Waals surface area contributed by atoms with Crippen LogP contribution in [-0.4, -0.2) is 40.4 Å². The summed E-state index contributed by atoms with van der Waals surface area (Å²) in [6.45, 7) is 6.48. The van der Waals surface area contributed by atoms with E-state index in [2.05, 4.69) is 42.4 Å². The number of rotatable bonds is 5. The molecule has 1 aromatic heterocycles. The smallest absolute Gasteiger partial charge is 0.0537 e. The van der Waals surface area contributed by atoms with Crippen LogP contribution in [0.1, 0.15) is 51.1 Å². The highest BCUT2D eigenvalue weighted by atomic mass is 15.3. The lowest BCUT2D eigenvalue weighted by Gasteiger charge is -2.36. The van der Waals surface area contributed by atoms with Crippen molar-refractivity contribution < 1.29 is 0 Å². The average molecular weight is 276 g/mol. The first-order chi connectivity index (χ1) is 9.67. The van der Waals surface area contributed by atoms with Gasteiger partial charge in [0.2, 0.25) is 0 Å². The largest absolute Gasteiger partial charge is 0.310 e. The fourth-order valence-corrected chi connectivity index (χ4v) is 3.93. The van der Waals surface area contributed by atoms with Crippen LogP contribution < -0.4 is 5.32 Å². The van der Waals surface area contributed by atoms with Gasteiger partial charge in [0.05, 0.1) is 6.20 Å². The van der Waals surface area contributed by atoms with E-state index in [9.17, 15) is 0 Å². The Morgan fingerprint density at radius 2 is 2.05 bits per heavy atom. The summed E-state index contributed by atoms with van der Waals surface area (Å²) in [7, 11) is 2.31. The lowest BCUT2D eigenvalue weighted by molar-refractivity contribution is 0.131. The third kappa shape index (κ3) is 2.77. The molecule has 2 fully saturated rings. The van der Waals surface area contributed by atoms with Gasteiger partial charge in [-0.3, -0.25) is 4.68 Å². The topological polar surface area (TPSA) is 33.1 Å². The van der Waals surface area contributed by atoms with Gasteiger partial charge in [-0.1, -0.05) is 0 Å². The first-order valence-electron chi connectivity index (χ1n) is 8.15. The number of nitrogens with zero attached hydrogens (tertiary/aromatic N) is 3. The highest BCUT2D eigenvalue weighted by Crippen LogP contribution is 2.37. The van der Waals surface area contributed by atoms with Gasteiger partial charge in [0.25, 0.3) is 0 Å². The van der Waals surface area contributed by atoms with Crippen molar-refractivity contribution in [2.75, 3.05) is 13.6 Å². The van der Waals surface area contributed by atoms with Crippen LogP contribution >= 0.6 is 0 Å². The minimum absolute atomic E-state index is 0.410. The van der Waals surface area contributed by atoms with Crippen LogP contribution in [0.2, 0.25) is 0 Å². The molecule has 2 saturated heterocycles. The van der Waals surface area contributed by atoms with E-state index in [1.807, 2.05) is 10.9 Å². The van der Waals surface area contributed by atoms with Gasteiger partial charge >= 0.3 is 0 Å². The number of nitrogens with one attached hydrogen (secondary N) is 1. The zero-order valence-corrected chi connectivity index (χ0v) is 13.0. The van der Waals surface area contributed by atoms with Crippen molar-refractivity contribution in [2.24, 2.45) is 5.92 Å². The summed E-state index contributed by atoms with van der Waals surface area (Å²) in [5.74, 6) is 0.854. The monoisotopic (exact) mass is 276 g/mol. The van der Waals surface area contributed by atoms with Gasteiger partial charge < -0.3 is 10.2 Å². The van der Waals surface area contributed by atoms with Gasteiger partial charge in [-0.15, -0.1) is 0 Å². The van der Waals surface area contributed by atoms with E-state index in [4.69, 9.17) is 0 Å². The van der Waals surface area contributed by atoms with Gasteiger partial charge in [-0.2, -0.15) is 5.10 Å². The molecule has 0 spiro atoms. The summed E-state index contributed by atoms with van der Waals surface area (Å²) in [5, 5.41) is 8.08. The maximum atomic E-state index is 4.36. The minimum Gasteiger partial charge on any atom is -0.310 e. The fourth-order valence-electron chi connectivity index (χ4n) is 3.93. The zero-order chi connectivity index (χ0) is 14.1. The Bertz CT molecular complexity index is 427. The molecule has 112 valence electrons. The molecule has 0 saturated carbocycles. The van der Waals surface area contributed by atoms with E-state index in [0.29, 0.717) is 6.04 Å². The summed E-state index contributed by atoms with van der Waals surface area (Å²) >= 11 is 0. The molecule has 3 heterocycles. The van der Waals surface area contributed by atoms with Crippen LogP contribution in [0.15, 0.2) is 12.4 Å². The molecule has 4 heteroatoms. The molecule has 2 bridgehead atoms. The molecule has 0 aromatic carbocycles. The predicted molar refractivity (Wildman–Crippen MR) is 81.6 cm³/mol. The van der Waals surface area contributed by atoms with Gasteiger partial charge in [0, 0.05) is 36.4 Å². The predicted octanol–water partition coefficient (Wildman–Crippen LogP) is 2.43. The molecule has 3 atom stereocenters. The molecule has 4 nitrogen and oxygen atoms in total. The van der Waals surface area contributed by atoms with Gasteiger partial charge in [0.15, 0.2) is 0 Å². The zero-order valence-electron chi connectivity index (χ0n) is 13.0. The second kappa shape index (κ2) is 5.86. The van der Waals surface area contributed by atoms with Crippen LogP contribution in [0, 0.1) is 5.92 Å². The number of piperidine rings is 1. The number of aryl methyl sites for hydroxylation is 1. The summed E-state index contributed by atoms with van der Waals surface area (Å²) in [6, 6.07) is 2.10. The maximum Gasteiger partial charge on any atom is 0.0537 e. The van der Waals surface area contributed by atoms with Crippen molar-refractivity contribution in [1.82, 2.24) is 20.0 Å². The minimum atomic E-state index is 0.410. The number of hydrogen-bond acceptors (Lipinski definition) is 3. The van der Waals surface area contributed by atoms with Crippen molar-refractivity contribution >= 4 is 0 Å². The fraction of sp³-hybridized carbons (Fsp3) is 0.812. The van der Waals surface area contributed by atoms with E-state index in [1.54, 1.807) is 0 Å². The summed E-state index contributed by atoms with van der Waals surface area (Å²) in [5.41, 5.74) is 1.31. The first-order valence-corrected chi connectivity index (χ1v) is 8.15. The summed E-state index contributed by atoms with van der Waals surface area (Å²) < 4.78 is 2.00. The molecule has 0 amide bonds. The Hall–Kier alpha value is -0.870. The Balaban J connectivity index is 1.50. The van der Waals surface area contributed by atoms with Crippen LogP contribution in [0.25, 0.3) is 0 Å². The normalized spacial score (nSPS) is 31.6. The highest BCUT2D eigenvalue weighted by Gasteiger charge is 2.38. The molecule has 1 aromatic rings. The van der Waals surface area contributed by atoms with Crippen molar-refractivity contribution in [3.8, 4) is 0 Å². The van der Waals surface area contributed by atoms with E-state index in [0.717, 1.165) is 31.1 Å². The standard InChI is InChI=1S/C16H28N4/c1-4-20-11-14(10-18-20)12(2)17-9-13-7-15-5-6-16(8-13)19(15)3/h10-13,15-17H,4-9H2,1-3H3. The second-order valence-corrected chi connectivity index (χ2v) is 6.65. The van der Waals surface area contributed by atoms with E-state index < -0.39 is 0 Å². The Morgan fingerprint density at radius 1 is 1.35 bits per heavy atom.